The molecular formula is C22H23BNO6. The van der Waals surface area contributed by atoms with Crippen molar-refractivity contribution in [3.05, 3.63) is 60.2 Å². The first-order chi connectivity index (χ1) is 14.3. The minimum atomic E-state index is -1.50. The zero-order valence-electron chi connectivity index (χ0n) is 16.8. The van der Waals surface area contributed by atoms with E-state index in [4.69, 9.17) is 9.47 Å². The van der Waals surface area contributed by atoms with Gasteiger partial charge >= 0.3 is 11.9 Å². The van der Waals surface area contributed by atoms with Crippen LogP contribution in [-0.4, -0.2) is 48.6 Å². The predicted octanol–water partition coefficient (Wildman–Crippen LogP) is 1.48. The maximum atomic E-state index is 12.3. The number of aliphatic hydroxyl groups excluding tert-OH is 1. The first-order valence-corrected chi connectivity index (χ1v) is 9.62. The molecular weight excluding hydrogens is 385 g/mol. The van der Waals surface area contributed by atoms with Gasteiger partial charge in [-0.05, 0) is 23.1 Å². The Balaban J connectivity index is 1.76. The van der Waals surface area contributed by atoms with Crippen molar-refractivity contribution in [2.75, 3.05) is 0 Å². The number of esters is 2. The molecule has 2 aromatic carbocycles. The summed E-state index contributed by atoms with van der Waals surface area (Å²) in [6.45, 7) is 2.88. The lowest BCUT2D eigenvalue weighted by atomic mass is 9.86. The van der Waals surface area contributed by atoms with Crippen LogP contribution in [0.25, 0.3) is 11.1 Å². The Kier molecular flexibility index (Phi) is 6.69. The molecule has 2 atom stereocenters. The van der Waals surface area contributed by atoms with E-state index in [-0.39, 0.29) is 6.42 Å². The van der Waals surface area contributed by atoms with Gasteiger partial charge < -0.3 is 24.6 Å². The molecule has 0 aliphatic carbocycles. The summed E-state index contributed by atoms with van der Waals surface area (Å²) in [4.78, 5) is 35.4. The second-order valence-electron chi connectivity index (χ2n) is 7.55. The van der Waals surface area contributed by atoms with Gasteiger partial charge in [-0.2, -0.15) is 0 Å². The van der Waals surface area contributed by atoms with Gasteiger partial charge in [0, 0.05) is 19.9 Å². The van der Waals surface area contributed by atoms with Crippen LogP contribution in [0.3, 0.4) is 0 Å². The number of rotatable bonds is 8. The number of cyclic esters (lactones) is 2. The third kappa shape index (κ3) is 5.14. The third-order valence-electron chi connectivity index (χ3n) is 4.85. The maximum absolute atomic E-state index is 12.3. The van der Waals surface area contributed by atoms with E-state index in [1.165, 1.54) is 13.8 Å². The number of hydrogen-bond acceptors (Lipinski definition) is 7. The normalized spacial score (nSPS) is 18.1. The molecule has 0 spiro atoms. The van der Waals surface area contributed by atoms with E-state index in [0.29, 0.717) is 6.19 Å². The van der Waals surface area contributed by atoms with E-state index in [9.17, 15) is 19.5 Å². The van der Waals surface area contributed by atoms with Crippen molar-refractivity contribution in [3.63, 3.8) is 0 Å². The summed E-state index contributed by atoms with van der Waals surface area (Å²) in [5, 5.41) is 13.5. The van der Waals surface area contributed by atoms with Gasteiger partial charge in [-0.25, -0.2) is 0 Å². The van der Waals surface area contributed by atoms with Gasteiger partial charge in [0.15, 0.2) is 5.92 Å². The molecule has 8 heteroatoms. The Hall–Kier alpha value is -2.97. The molecule has 1 aliphatic rings. The third-order valence-corrected chi connectivity index (χ3v) is 4.85. The second kappa shape index (κ2) is 9.23. The second-order valence-corrected chi connectivity index (χ2v) is 7.55. The monoisotopic (exact) mass is 408 g/mol. The number of carbonyl (C=O) groups excluding carboxylic acids is 3. The molecule has 1 radical (unpaired) electrons. The predicted molar refractivity (Wildman–Crippen MR) is 111 cm³/mol. The summed E-state index contributed by atoms with van der Waals surface area (Å²) in [6, 6.07) is 16.8. The average molecular weight is 408 g/mol. The van der Waals surface area contributed by atoms with Gasteiger partial charge in [-0.1, -0.05) is 54.6 Å². The zero-order chi connectivity index (χ0) is 21.7. The smallest absolute Gasteiger partial charge is 0.326 e. The lowest BCUT2D eigenvalue weighted by molar-refractivity contribution is -0.245. The van der Waals surface area contributed by atoms with Crippen LogP contribution in [0.2, 0.25) is 0 Å². The topological polar surface area (TPSA) is 102 Å². The lowest BCUT2D eigenvalue weighted by Crippen LogP contribution is -2.56. The van der Waals surface area contributed by atoms with E-state index >= 15 is 0 Å². The SMILES string of the molecule is CC1(C)OC(=O)C(C(O)[C@@H](Cc2ccc(-c3ccccc3)cc2)N[B]C=O)C(=O)O1. The molecule has 0 aromatic heterocycles. The van der Waals surface area contributed by atoms with E-state index in [2.05, 4.69) is 5.23 Å². The Morgan fingerprint density at radius 2 is 1.60 bits per heavy atom. The van der Waals surface area contributed by atoms with Gasteiger partial charge in [0.1, 0.15) is 0 Å². The van der Waals surface area contributed by atoms with Gasteiger partial charge in [0.2, 0.25) is 0 Å². The Morgan fingerprint density at radius 1 is 1.03 bits per heavy atom. The molecule has 155 valence electrons. The Bertz CT molecular complexity index is 880. The van der Waals surface area contributed by atoms with Gasteiger partial charge in [0.05, 0.1) is 12.3 Å². The largest absolute Gasteiger partial charge is 0.422 e. The molecule has 1 fully saturated rings. The van der Waals surface area contributed by atoms with Crippen LogP contribution in [0, 0.1) is 5.92 Å². The highest BCUT2D eigenvalue weighted by atomic mass is 16.7. The van der Waals surface area contributed by atoms with Crippen LogP contribution in [-0.2, 0) is 30.3 Å². The molecule has 0 amide bonds. The molecule has 0 saturated carbocycles. The molecule has 1 heterocycles. The summed E-state index contributed by atoms with van der Waals surface area (Å²) in [7, 11) is 1.12. The fourth-order valence-corrected chi connectivity index (χ4v) is 3.40. The number of carbonyl (C=O) groups is 3. The van der Waals surface area contributed by atoms with Crippen LogP contribution in [0.5, 0.6) is 0 Å². The van der Waals surface area contributed by atoms with Crippen molar-refractivity contribution in [2.24, 2.45) is 5.92 Å². The first kappa shape index (κ1) is 21.7. The van der Waals surface area contributed by atoms with Crippen molar-refractivity contribution >= 4 is 25.5 Å². The highest BCUT2D eigenvalue weighted by molar-refractivity contribution is 6.64. The quantitative estimate of drug-likeness (QED) is 0.295. The molecule has 2 N–H and O–H groups in total. The van der Waals surface area contributed by atoms with Crippen molar-refractivity contribution in [1.29, 1.82) is 0 Å². The molecule has 3 rings (SSSR count). The van der Waals surface area contributed by atoms with Crippen LogP contribution < -0.4 is 5.23 Å². The summed E-state index contributed by atoms with van der Waals surface area (Å²) in [6.07, 6.45) is -0.661. The molecule has 1 saturated heterocycles. The van der Waals surface area contributed by atoms with Crippen LogP contribution in [0.15, 0.2) is 54.6 Å². The highest BCUT2D eigenvalue weighted by Gasteiger charge is 2.48. The fraction of sp³-hybridized carbons (Fsp3) is 0.318. The van der Waals surface area contributed by atoms with Crippen molar-refractivity contribution < 1.29 is 29.0 Å². The lowest BCUT2D eigenvalue weighted by Gasteiger charge is -2.36. The number of aliphatic hydroxyl groups is 1. The van der Waals surface area contributed by atoms with E-state index in [1.54, 1.807) is 0 Å². The molecule has 30 heavy (non-hydrogen) atoms. The summed E-state index contributed by atoms with van der Waals surface area (Å²) in [5.74, 6) is -4.60. The minimum Gasteiger partial charge on any atom is -0.422 e. The Morgan fingerprint density at radius 3 is 2.17 bits per heavy atom. The van der Waals surface area contributed by atoms with Gasteiger partial charge in [-0.3, -0.25) is 9.59 Å². The first-order valence-electron chi connectivity index (χ1n) is 9.62. The Labute approximate surface area is 175 Å². The summed E-state index contributed by atoms with van der Waals surface area (Å²) >= 11 is 0. The van der Waals surface area contributed by atoms with Gasteiger partial charge in [0.25, 0.3) is 13.2 Å². The minimum absolute atomic E-state index is 0.265. The van der Waals surface area contributed by atoms with E-state index in [0.717, 1.165) is 24.1 Å². The standard InChI is InChI=1S/C22H23BNO6/c1-22(2)29-20(27)18(21(28)30-22)19(26)17(24-23-13-25)12-14-8-10-16(11-9-14)15-6-4-3-5-7-15/h3-11,13,17-19,24,26H,12H2,1-2H3/t17-,19?/m1/s1. The number of nitrogens with one attached hydrogen (secondary N) is 1. The van der Waals surface area contributed by atoms with Crippen molar-refractivity contribution in [3.8, 4) is 11.1 Å². The molecule has 1 unspecified atom stereocenters. The highest BCUT2D eigenvalue weighted by Crippen LogP contribution is 2.27. The van der Waals surface area contributed by atoms with Crippen LogP contribution in [0.1, 0.15) is 19.4 Å². The van der Waals surface area contributed by atoms with E-state index < -0.39 is 35.8 Å². The molecule has 7 nitrogen and oxygen atoms in total. The van der Waals surface area contributed by atoms with Crippen LogP contribution >= 0.6 is 0 Å². The van der Waals surface area contributed by atoms with Crippen molar-refractivity contribution in [2.45, 2.75) is 38.2 Å². The van der Waals surface area contributed by atoms with Gasteiger partial charge in [-0.15, -0.1) is 0 Å². The molecule has 2 aromatic rings. The number of ether oxygens (including phenoxy) is 2. The van der Waals surface area contributed by atoms with Crippen molar-refractivity contribution in [1.82, 2.24) is 5.23 Å². The summed E-state index contributed by atoms with van der Waals surface area (Å²) in [5.41, 5.74) is 2.96. The van der Waals surface area contributed by atoms with Crippen LogP contribution in [0.4, 0.5) is 0 Å². The number of hydrogen-bond donors (Lipinski definition) is 2. The zero-order valence-corrected chi connectivity index (χ0v) is 16.8. The average Bonchev–Trinajstić information content (AvgIpc) is 2.70. The fourth-order valence-electron chi connectivity index (χ4n) is 3.40. The summed E-state index contributed by atoms with van der Waals surface area (Å²) < 4.78 is 10.2. The molecule has 0 bridgehead atoms. The maximum Gasteiger partial charge on any atom is 0.326 e. The number of benzene rings is 2. The molecule has 1 aliphatic heterocycles. The van der Waals surface area contributed by atoms with E-state index in [1.807, 2.05) is 54.6 Å².